The van der Waals surface area contributed by atoms with E-state index in [1.165, 1.54) is 5.57 Å². The molecule has 2 atom stereocenters. The first-order valence-corrected chi connectivity index (χ1v) is 15.7. The molecule has 5 aromatic rings. The Hall–Kier alpha value is -3.87. The van der Waals surface area contributed by atoms with Gasteiger partial charge < -0.3 is 0 Å². The number of allylic oxidation sites excluding steroid dienone is 1. The number of nitrogens with zero attached hydrogens (tertiary/aromatic N) is 3. The van der Waals surface area contributed by atoms with E-state index in [1.54, 1.807) is 5.01 Å². The van der Waals surface area contributed by atoms with E-state index in [0.717, 1.165) is 67.2 Å². The van der Waals surface area contributed by atoms with Gasteiger partial charge in [0, 0.05) is 25.8 Å². The molecule has 1 aliphatic carbocycles. The number of aromatic nitrogens is 1. The Balaban J connectivity index is 1.37. The highest BCUT2D eigenvalue weighted by atomic mass is 79.9. The van der Waals surface area contributed by atoms with Crippen LogP contribution in [0.5, 0.6) is 0 Å². The van der Waals surface area contributed by atoms with Crippen LogP contribution in [0.4, 0.5) is 0 Å². The molecule has 0 spiro atoms. The largest absolute Gasteiger partial charge is 0.275 e. The Morgan fingerprint density at radius 1 is 0.833 bits per heavy atom. The second-order valence-electron chi connectivity index (χ2n) is 10.8. The average molecular weight is 677 g/mol. The lowest BCUT2D eigenvalue weighted by molar-refractivity contribution is 0.0683. The summed E-state index contributed by atoms with van der Waals surface area (Å²) < 4.78 is 2.06. The van der Waals surface area contributed by atoms with Crippen LogP contribution in [0, 0.1) is 5.92 Å². The molecule has 2 heterocycles. The van der Waals surface area contributed by atoms with Crippen molar-refractivity contribution >= 4 is 60.5 Å². The molecule has 206 valence electrons. The molecule has 4 aromatic carbocycles. The molecule has 1 saturated carbocycles. The van der Waals surface area contributed by atoms with Gasteiger partial charge in [0.1, 0.15) is 0 Å². The fraction of sp³-hybridized carbons (Fsp3) is 0.139. The lowest BCUT2D eigenvalue weighted by Crippen LogP contribution is -2.32. The molecule has 1 amide bonds. The van der Waals surface area contributed by atoms with Gasteiger partial charge in [-0.2, -0.15) is 5.10 Å². The topological polar surface area (TPSA) is 45.6 Å². The number of para-hydroxylation sites is 1. The van der Waals surface area contributed by atoms with Gasteiger partial charge in [0.15, 0.2) is 0 Å². The van der Waals surface area contributed by atoms with Crippen molar-refractivity contribution in [3.8, 4) is 11.3 Å². The van der Waals surface area contributed by atoms with Crippen molar-refractivity contribution in [1.82, 2.24) is 9.99 Å². The van der Waals surface area contributed by atoms with Crippen molar-refractivity contribution in [2.45, 2.75) is 25.3 Å². The number of pyridine rings is 1. The minimum atomic E-state index is -0.193. The van der Waals surface area contributed by atoms with Crippen LogP contribution in [0.2, 0.25) is 0 Å². The third-order valence-electron chi connectivity index (χ3n) is 8.15. The Morgan fingerprint density at radius 2 is 1.52 bits per heavy atom. The number of hydrazone groups is 1. The molecule has 1 aliphatic heterocycles. The maximum Gasteiger partial charge on any atom is 0.275 e. The van der Waals surface area contributed by atoms with Gasteiger partial charge in [-0.3, -0.25) is 4.79 Å². The van der Waals surface area contributed by atoms with Gasteiger partial charge in [-0.25, -0.2) is 9.99 Å². The smallest absolute Gasteiger partial charge is 0.267 e. The first kappa shape index (κ1) is 27.0. The fourth-order valence-corrected chi connectivity index (χ4v) is 6.68. The van der Waals surface area contributed by atoms with Crippen molar-refractivity contribution in [1.29, 1.82) is 0 Å². The zero-order chi connectivity index (χ0) is 28.6. The van der Waals surface area contributed by atoms with Gasteiger partial charge in [0.05, 0.1) is 28.5 Å². The van der Waals surface area contributed by atoms with Gasteiger partial charge >= 0.3 is 0 Å². The average Bonchev–Trinajstić information content (AvgIpc) is 3.43. The number of rotatable bonds is 4. The molecule has 2 aliphatic rings. The summed E-state index contributed by atoms with van der Waals surface area (Å²) in [7, 11) is 0. The van der Waals surface area contributed by atoms with E-state index in [4.69, 9.17) is 10.1 Å². The number of hydrogen-bond acceptors (Lipinski definition) is 3. The predicted octanol–water partition coefficient (Wildman–Crippen LogP) is 9.86. The molecule has 0 unspecified atom stereocenters. The first-order valence-electron chi connectivity index (χ1n) is 14.1. The maximum atomic E-state index is 14.7. The monoisotopic (exact) mass is 675 g/mol. The number of fused-ring (bicyclic) bond motifs is 2. The molecule has 0 bridgehead atoms. The van der Waals surface area contributed by atoms with Crippen LogP contribution in [0.1, 0.15) is 46.8 Å². The number of halogens is 2. The zero-order valence-corrected chi connectivity index (χ0v) is 25.9. The summed E-state index contributed by atoms with van der Waals surface area (Å²) >= 11 is 7.13. The van der Waals surface area contributed by atoms with Gasteiger partial charge in [0.25, 0.3) is 5.91 Å². The van der Waals surface area contributed by atoms with Crippen LogP contribution in [0.15, 0.2) is 129 Å². The number of carbonyl (C=O) groups excluding carboxylic acids is 1. The molecule has 42 heavy (non-hydrogen) atoms. The van der Waals surface area contributed by atoms with Crippen molar-refractivity contribution in [3.05, 3.63) is 140 Å². The standard InChI is InChI=1S/C36H27Br2N3O/c37-27-17-13-23(14-18-27)21-26-9-6-11-30-34(26)40-41(35(30)25-15-19-28(38)20-16-25)36(42)31-22-33(24-7-2-1-3-8-24)39-32-12-5-4-10-29(31)32/h1-5,7-8,10,12-22,30,35H,6,9,11H2/b26-21-/t30-,35+/m0/s1. The summed E-state index contributed by atoms with van der Waals surface area (Å²) in [5.41, 5.74) is 7.60. The minimum Gasteiger partial charge on any atom is -0.267 e. The maximum absolute atomic E-state index is 14.7. The lowest BCUT2D eigenvalue weighted by atomic mass is 9.77. The van der Waals surface area contributed by atoms with E-state index in [1.807, 2.05) is 72.8 Å². The van der Waals surface area contributed by atoms with E-state index in [9.17, 15) is 4.79 Å². The highest BCUT2D eigenvalue weighted by Crippen LogP contribution is 2.45. The molecule has 7 rings (SSSR count). The lowest BCUT2D eigenvalue weighted by Gasteiger charge is -2.30. The van der Waals surface area contributed by atoms with Crippen molar-refractivity contribution < 1.29 is 4.79 Å². The van der Waals surface area contributed by atoms with Gasteiger partial charge in [0.2, 0.25) is 0 Å². The highest BCUT2D eigenvalue weighted by molar-refractivity contribution is 9.10. The van der Waals surface area contributed by atoms with E-state index in [-0.39, 0.29) is 17.9 Å². The second-order valence-corrected chi connectivity index (χ2v) is 12.6. The van der Waals surface area contributed by atoms with E-state index >= 15 is 0 Å². The summed E-state index contributed by atoms with van der Waals surface area (Å²) in [5.74, 6) is 0.0101. The van der Waals surface area contributed by atoms with Crippen LogP contribution in [0.25, 0.3) is 28.2 Å². The van der Waals surface area contributed by atoms with Gasteiger partial charge in [-0.05, 0) is 78.4 Å². The van der Waals surface area contributed by atoms with Gasteiger partial charge in [-0.1, -0.05) is 105 Å². The molecule has 1 aromatic heterocycles. The highest BCUT2D eigenvalue weighted by Gasteiger charge is 2.44. The van der Waals surface area contributed by atoms with E-state index in [0.29, 0.717) is 5.56 Å². The van der Waals surface area contributed by atoms with Crippen molar-refractivity contribution in [2.75, 3.05) is 0 Å². The summed E-state index contributed by atoms with van der Waals surface area (Å²) in [6.45, 7) is 0. The summed E-state index contributed by atoms with van der Waals surface area (Å²) in [4.78, 5) is 19.6. The fourth-order valence-electron chi connectivity index (χ4n) is 6.15. The van der Waals surface area contributed by atoms with Crippen LogP contribution < -0.4 is 0 Å². The van der Waals surface area contributed by atoms with Crippen LogP contribution in [0.3, 0.4) is 0 Å². The van der Waals surface area contributed by atoms with Crippen LogP contribution in [-0.2, 0) is 0 Å². The van der Waals surface area contributed by atoms with Crippen molar-refractivity contribution in [2.24, 2.45) is 11.0 Å². The normalized spacial score (nSPS) is 19.1. The Morgan fingerprint density at radius 3 is 2.29 bits per heavy atom. The number of carbonyl (C=O) groups is 1. The summed E-state index contributed by atoms with van der Waals surface area (Å²) in [5, 5.41) is 7.74. The SMILES string of the molecule is O=C(c1cc(-c2ccccc2)nc2ccccc12)N1N=C2/C(=C\c3ccc(Br)cc3)CCC[C@@H]2[C@H]1c1ccc(Br)cc1. The van der Waals surface area contributed by atoms with Crippen LogP contribution in [-0.4, -0.2) is 21.6 Å². The molecule has 6 heteroatoms. The minimum absolute atomic E-state index is 0.108. The molecule has 1 fully saturated rings. The van der Waals surface area contributed by atoms with Crippen molar-refractivity contribution in [3.63, 3.8) is 0 Å². The third kappa shape index (κ3) is 5.14. The third-order valence-corrected chi connectivity index (χ3v) is 9.21. The molecule has 4 nitrogen and oxygen atoms in total. The zero-order valence-electron chi connectivity index (χ0n) is 22.8. The van der Waals surface area contributed by atoms with E-state index < -0.39 is 0 Å². The molecule has 0 N–H and O–H groups in total. The van der Waals surface area contributed by atoms with Gasteiger partial charge in [-0.15, -0.1) is 0 Å². The quantitative estimate of drug-likeness (QED) is 0.190. The Labute approximate surface area is 262 Å². The van der Waals surface area contributed by atoms with E-state index in [2.05, 4.69) is 74.3 Å². The Bertz CT molecular complexity index is 1850. The number of benzene rings is 4. The summed E-state index contributed by atoms with van der Waals surface area (Å²) in [6, 6.07) is 36.3. The second kappa shape index (κ2) is 11.4. The number of hydrogen-bond donors (Lipinski definition) is 0. The first-order chi connectivity index (χ1) is 20.5. The molecular formula is C36H27Br2N3O. The predicted molar refractivity (Wildman–Crippen MR) is 177 cm³/mol. The Kier molecular flexibility index (Phi) is 7.34. The molecule has 0 radical (unpaired) electrons. The number of amides is 1. The molecular weight excluding hydrogens is 650 g/mol. The van der Waals surface area contributed by atoms with Crippen LogP contribution >= 0.6 is 31.9 Å². The molecule has 0 saturated heterocycles. The summed E-state index contributed by atoms with van der Waals surface area (Å²) in [6.07, 6.45) is 5.21.